The van der Waals surface area contributed by atoms with Gasteiger partial charge in [-0.2, -0.15) is 0 Å². The van der Waals surface area contributed by atoms with Crippen LogP contribution in [0.15, 0.2) is 36.4 Å². The molecule has 1 aliphatic carbocycles. The number of Topliss-reactive ketones (excluding diaryl/α,β-unsaturated/α-hetero) is 1. The van der Waals surface area contributed by atoms with Gasteiger partial charge < -0.3 is 10.5 Å². The van der Waals surface area contributed by atoms with Gasteiger partial charge in [-0.25, -0.2) is 0 Å². The summed E-state index contributed by atoms with van der Waals surface area (Å²) in [4.78, 5) is 12.3. The van der Waals surface area contributed by atoms with E-state index in [-0.39, 0.29) is 12.0 Å². The van der Waals surface area contributed by atoms with Crippen LogP contribution in [0.5, 0.6) is 5.75 Å². The summed E-state index contributed by atoms with van der Waals surface area (Å²) in [6.07, 6.45) is 6.20. The summed E-state index contributed by atoms with van der Waals surface area (Å²) in [7, 11) is 0. The molecule has 0 bridgehead atoms. The van der Waals surface area contributed by atoms with E-state index < -0.39 is 0 Å². The molecule has 3 unspecified atom stereocenters. The van der Waals surface area contributed by atoms with Crippen LogP contribution in [-0.2, 0) is 4.79 Å². The standard InChI is InChI=1S/C16H19NO2/c17-13-6-5-12(9-13)15(18)10-11-7-8-19-16-4-2-1-3-14(11)16/h1-6,11-13H,7-10,17H2. The Hall–Kier alpha value is -1.61. The van der Waals surface area contributed by atoms with Gasteiger partial charge in [0.25, 0.3) is 0 Å². The average molecular weight is 257 g/mol. The molecular formula is C16H19NO2. The Kier molecular flexibility index (Phi) is 3.38. The van der Waals surface area contributed by atoms with Crippen molar-refractivity contribution in [3.63, 3.8) is 0 Å². The zero-order valence-electron chi connectivity index (χ0n) is 10.9. The second-order valence-corrected chi connectivity index (χ2v) is 5.43. The number of allylic oxidation sites excluding steroid dienone is 1. The first-order valence-corrected chi connectivity index (χ1v) is 6.92. The lowest BCUT2D eigenvalue weighted by Crippen LogP contribution is -2.22. The lowest BCUT2D eigenvalue weighted by molar-refractivity contribution is -0.122. The minimum Gasteiger partial charge on any atom is -0.493 e. The van der Waals surface area contributed by atoms with Crippen LogP contribution < -0.4 is 10.5 Å². The summed E-state index contributed by atoms with van der Waals surface area (Å²) in [6.45, 7) is 0.703. The van der Waals surface area contributed by atoms with Crippen LogP contribution in [0.2, 0.25) is 0 Å². The average Bonchev–Trinajstić information content (AvgIpc) is 2.86. The highest BCUT2D eigenvalue weighted by molar-refractivity contribution is 5.84. The van der Waals surface area contributed by atoms with Gasteiger partial charge in [0, 0.05) is 18.4 Å². The maximum absolute atomic E-state index is 12.3. The van der Waals surface area contributed by atoms with Gasteiger partial charge in [0.05, 0.1) is 6.61 Å². The van der Waals surface area contributed by atoms with Crippen molar-refractivity contribution in [1.29, 1.82) is 0 Å². The third kappa shape index (κ3) is 2.56. The third-order valence-electron chi connectivity index (χ3n) is 4.06. The van der Waals surface area contributed by atoms with E-state index in [2.05, 4.69) is 6.07 Å². The van der Waals surface area contributed by atoms with Gasteiger partial charge in [-0.15, -0.1) is 0 Å². The quantitative estimate of drug-likeness (QED) is 0.846. The molecule has 100 valence electrons. The van der Waals surface area contributed by atoms with E-state index in [0.717, 1.165) is 18.6 Å². The third-order valence-corrected chi connectivity index (χ3v) is 4.06. The predicted octanol–water partition coefficient (Wildman–Crippen LogP) is 2.42. The summed E-state index contributed by atoms with van der Waals surface area (Å²) < 4.78 is 5.63. The number of para-hydroxylation sites is 1. The number of rotatable bonds is 3. The fourth-order valence-corrected chi connectivity index (χ4v) is 2.99. The number of ketones is 1. The molecule has 1 heterocycles. The van der Waals surface area contributed by atoms with E-state index in [4.69, 9.17) is 10.5 Å². The Morgan fingerprint density at radius 2 is 2.16 bits per heavy atom. The van der Waals surface area contributed by atoms with Gasteiger partial charge in [0.15, 0.2) is 0 Å². The molecule has 3 nitrogen and oxygen atoms in total. The number of carbonyl (C=O) groups excluding carboxylic acids is 1. The SMILES string of the molecule is NC1C=CC(C(=O)CC2CCOc3ccccc32)C1. The van der Waals surface area contributed by atoms with Crippen molar-refractivity contribution in [2.75, 3.05) is 6.61 Å². The number of nitrogens with two attached hydrogens (primary N) is 1. The van der Waals surface area contributed by atoms with Gasteiger partial charge in [-0.05, 0) is 30.4 Å². The minimum absolute atomic E-state index is 0.0185. The Bertz CT molecular complexity index is 509. The van der Waals surface area contributed by atoms with E-state index in [1.165, 1.54) is 5.56 Å². The zero-order chi connectivity index (χ0) is 13.2. The van der Waals surface area contributed by atoms with Crippen molar-refractivity contribution in [2.24, 2.45) is 11.7 Å². The van der Waals surface area contributed by atoms with Crippen molar-refractivity contribution < 1.29 is 9.53 Å². The maximum atomic E-state index is 12.3. The van der Waals surface area contributed by atoms with E-state index in [1.807, 2.05) is 30.4 Å². The smallest absolute Gasteiger partial charge is 0.140 e. The summed E-state index contributed by atoms with van der Waals surface area (Å²) in [5.74, 6) is 1.56. The number of fused-ring (bicyclic) bond motifs is 1. The first-order valence-electron chi connectivity index (χ1n) is 6.92. The molecule has 1 aromatic rings. The fourth-order valence-electron chi connectivity index (χ4n) is 2.99. The van der Waals surface area contributed by atoms with Crippen molar-refractivity contribution in [1.82, 2.24) is 0 Å². The van der Waals surface area contributed by atoms with Crippen molar-refractivity contribution >= 4 is 5.78 Å². The van der Waals surface area contributed by atoms with Crippen LogP contribution in [0.1, 0.15) is 30.7 Å². The normalized spacial score (nSPS) is 28.8. The molecule has 0 radical (unpaired) electrons. The van der Waals surface area contributed by atoms with Crippen LogP contribution in [0.25, 0.3) is 0 Å². The van der Waals surface area contributed by atoms with Gasteiger partial charge in [-0.3, -0.25) is 4.79 Å². The summed E-state index contributed by atoms with van der Waals surface area (Å²) in [5, 5.41) is 0. The molecule has 3 heteroatoms. The van der Waals surface area contributed by atoms with Crippen LogP contribution in [0.4, 0.5) is 0 Å². The Morgan fingerprint density at radius 3 is 2.95 bits per heavy atom. The fraction of sp³-hybridized carbons (Fsp3) is 0.438. The number of hydrogen-bond acceptors (Lipinski definition) is 3. The van der Waals surface area contributed by atoms with Gasteiger partial charge >= 0.3 is 0 Å². The van der Waals surface area contributed by atoms with Crippen LogP contribution >= 0.6 is 0 Å². The lowest BCUT2D eigenvalue weighted by Gasteiger charge is -2.26. The first kappa shape index (κ1) is 12.4. The maximum Gasteiger partial charge on any atom is 0.140 e. The molecule has 0 spiro atoms. The van der Waals surface area contributed by atoms with Gasteiger partial charge in [0.2, 0.25) is 0 Å². The molecule has 1 aromatic carbocycles. The van der Waals surface area contributed by atoms with Crippen molar-refractivity contribution in [3.05, 3.63) is 42.0 Å². The van der Waals surface area contributed by atoms with Crippen molar-refractivity contribution in [2.45, 2.75) is 31.2 Å². The Balaban J connectivity index is 1.71. The minimum atomic E-state index is 0.0185. The Labute approximate surface area is 113 Å². The molecule has 19 heavy (non-hydrogen) atoms. The van der Waals surface area contributed by atoms with Crippen LogP contribution in [0, 0.1) is 5.92 Å². The summed E-state index contributed by atoms with van der Waals surface area (Å²) in [6, 6.07) is 8.09. The van der Waals surface area contributed by atoms with Crippen LogP contribution in [0.3, 0.4) is 0 Å². The molecule has 0 aromatic heterocycles. The molecule has 0 amide bonds. The molecule has 0 saturated heterocycles. The molecule has 3 atom stereocenters. The molecule has 0 saturated carbocycles. The highest BCUT2D eigenvalue weighted by Crippen LogP contribution is 2.36. The number of ether oxygens (including phenoxy) is 1. The summed E-state index contributed by atoms with van der Waals surface area (Å²) in [5.41, 5.74) is 6.99. The predicted molar refractivity (Wildman–Crippen MR) is 74.1 cm³/mol. The van der Waals surface area contributed by atoms with Gasteiger partial charge in [-0.1, -0.05) is 30.4 Å². The first-order chi connectivity index (χ1) is 9.24. The number of hydrogen-bond donors (Lipinski definition) is 1. The van der Waals surface area contributed by atoms with E-state index in [1.54, 1.807) is 0 Å². The number of benzene rings is 1. The second-order valence-electron chi connectivity index (χ2n) is 5.43. The van der Waals surface area contributed by atoms with E-state index in [9.17, 15) is 4.79 Å². The molecule has 2 N–H and O–H groups in total. The van der Waals surface area contributed by atoms with Crippen LogP contribution in [-0.4, -0.2) is 18.4 Å². The Morgan fingerprint density at radius 1 is 1.32 bits per heavy atom. The summed E-state index contributed by atoms with van der Waals surface area (Å²) >= 11 is 0. The van der Waals surface area contributed by atoms with E-state index >= 15 is 0 Å². The monoisotopic (exact) mass is 257 g/mol. The van der Waals surface area contributed by atoms with Crippen molar-refractivity contribution in [3.8, 4) is 5.75 Å². The highest BCUT2D eigenvalue weighted by Gasteiger charge is 2.28. The molecule has 2 aliphatic rings. The zero-order valence-corrected chi connectivity index (χ0v) is 10.9. The number of carbonyl (C=O) groups is 1. The lowest BCUT2D eigenvalue weighted by atomic mass is 9.85. The van der Waals surface area contributed by atoms with Gasteiger partial charge in [0.1, 0.15) is 11.5 Å². The second kappa shape index (κ2) is 5.17. The highest BCUT2D eigenvalue weighted by atomic mass is 16.5. The largest absolute Gasteiger partial charge is 0.493 e. The molecule has 1 aliphatic heterocycles. The van der Waals surface area contributed by atoms with E-state index in [0.29, 0.717) is 24.7 Å². The molecule has 0 fully saturated rings. The molecule has 3 rings (SSSR count). The topological polar surface area (TPSA) is 52.3 Å². The molecular weight excluding hydrogens is 238 g/mol.